The monoisotopic (exact) mass is 253 g/mol. The van der Waals surface area contributed by atoms with Gasteiger partial charge in [0.1, 0.15) is 12.4 Å². The lowest BCUT2D eigenvalue weighted by Crippen LogP contribution is -1.95. The van der Waals surface area contributed by atoms with E-state index >= 15 is 0 Å². The summed E-state index contributed by atoms with van der Waals surface area (Å²) >= 11 is 5.94. The van der Waals surface area contributed by atoms with Crippen molar-refractivity contribution < 1.29 is 9.84 Å². The van der Waals surface area contributed by atoms with E-state index in [1.807, 2.05) is 6.92 Å². The summed E-state index contributed by atoms with van der Waals surface area (Å²) in [6.45, 7) is 2.26. The average Bonchev–Trinajstić information content (AvgIpc) is 2.80. The molecule has 2 aromatic rings. The Labute approximate surface area is 103 Å². The maximum atomic E-state index is 8.93. The van der Waals surface area contributed by atoms with E-state index in [4.69, 9.17) is 21.4 Å². The summed E-state index contributed by atoms with van der Waals surface area (Å²) < 4.78 is 5.47. The number of hydrogen-bond acceptors (Lipinski definition) is 4. The van der Waals surface area contributed by atoms with Gasteiger partial charge in [-0.05, 0) is 25.1 Å². The van der Waals surface area contributed by atoms with Crippen molar-refractivity contribution in [3.05, 3.63) is 29.0 Å². The molecular formula is C11H12ClN3O2. The zero-order chi connectivity index (χ0) is 12.3. The van der Waals surface area contributed by atoms with Crippen LogP contribution in [-0.4, -0.2) is 26.9 Å². The maximum Gasteiger partial charge on any atom is 0.185 e. The van der Waals surface area contributed by atoms with Crippen LogP contribution in [0.4, 0.5) is 0 Å². The molecule has 0 bridgehead atoms. The van der Waals surface area contributed by atoms with E-state index in [2.05, 4.69) is 15.2 Å². The predicted octanol–water partition coefficient (Wildman–Crippen LogP) is 2.02. The van der Waals surface area contributed by atoms with Crippen LogP contribution in [0.2, 0.25) is 5.02 Å². The standard InChI is InChI=1S/C11H12ClN3O2/c1-2-17-9-4-3-7(12)5-8(9)11-13-10(6-16)14-15-11/h3-5,16H,2,6H2,1H3,(H,13,14,15). The van der Waals surface area contributed by atoms with Gasteiger partial charge in [-0.15, -0.1) is 0 Å². The predicted molar refractivity (Wildman–Crippen MR) is 63.9 cm³/mol. The van der Waals surface area contributed by atoms with E-state index in [9.17, 15) is 0 Å². The number of aliphatic hydroxyl groups excluding tert-OH is 1. The van der Waals surface area contributed by atoms with Crippen molar-refractivity contribution in [1.82, 2.24) is 15.2 Å². The number of nitrogens with zero attached hydrogens (tertiary/aromatic N) is 2. The Morgan fingerprint density at radius 3 is 2.94 bits per heavy atom. The molecule has 0 fully saturated rings. The van der Waals surface area contributed by atoms with Gasteiger partial charge in [-0.1, -0.05) is 11.6 Å². The molecule has 6 heteroatoms. The van der Waals surface area contributed by atoms with Crippen LogP contribution in [0.25, 0.3) is 11.4 Å². The molecule has 1 aromatic heterocycles. The van der Waals surface area contributed by atoms with Crippen molar-refractivity contribution in [1.29, 1.82) is 0 Å². The molecule has 0 aliphatic heterocycles. The van der Waals surface area contributed by atoms with Gasteiger partial charge in [0, 0.05) is 5.02 Å². The number of H-pyrrole nitrogens is 1. The number of aromatic nitrogens is 3. The highest BCUT2D eigenvalue weighted by molar-refractivity contribution is 6.30. The second-order valence-electron chi connectivity index (χ2n) is 3.34. The Balaban J connectivity index is 2.44. The molecule has 5 nitrogen and oxygen atoms in total. The van der Waals surface area contributed by atoms with Gasteiger partial charge in [-0.3, -0.25) is 5.10 Å². The average molecular weight is 254 g/mol. The molecule has 0 radical (unpaired) electrons. The van der Waals surface area contributed by atoms with Crippen molar-refractivity contribution in [2.75, 3.05) is 6.61 Å². The van der Waals surface area contributed by atoms with Gasteiger partial charge in [0.05, 0.1) is 12.2 Å². The van der Waals surface area contributed by atoms with E-state index in [-0.39, 0.29) is 6.61 Å². The highest BCUT2D eigenvalue weighted by atomic mass is 35.5. The van der Waals surface area contributed by atoms with Gasteiger partial charge in [-0.25, -0.2) is 4.98 Å². The van der Waals surface area contributed by atoms with Crippen LogP contribution < -0.4 is 4.74 Å². The molecule has 0 spiro atoms. The largest absolute Gasteiger partial charge is 0.493 e. The molecule has 0 saturated carbocycles. The summed E-state index contributed by atoms with van der Waals surface area (Å²) in [6.07, 6.45) is 0. The van der Waals surface area contributed by atoms with Crippen LogP contribution in [0.3, 0.4) is 0 Å². The smallest absolute Gasteiger partial charge is 0.185 e. The zero-order valence-electron chi connectivity index (χ0n) is 9.27. The first-order valence-electron chi connectivity index (χ1n) is 5.19. The third-order valence-corrected chi connectivity index (χ3v) is 2.40. The number of nitrogens with one attached hydrogen (secondary N) is 1. The van der Waals surface area contributed by atoms with Gasteiger partial charge in [0.25, 0.3) is 0 Å². The Bertz CT molecular complexity index is 513. The minimum atomic E-state index is -0.183. The summed E-state index contributed by atoms with van der Waals surface area (Å²) in [5.74, 6) is 1.53. The normalized spacial score (nSPS) is 10.5. The maximum absolute atomic E-state index is 8.93. The van der Waals surface area contributed by atoms with E-state index in [1.54, 1.807) is 18.2 Å². The van der Waals surface area contributed by atoms with Gasteiger partial charge in [0.15, 0.2) is 11.6 Å². The number of benzene rings is 1. The number of aliphatic hydroxyl groups is 1. The Kier molecular flexibility index (Phi) is 3.61. The third kappa shape index (κ3) is 2.57. The number of halogens is 1. The second kappa shape index (κ2) is 5.16. The fourth-order valence-corrected chi connectivity index (χ4v) is 1.62. The highest BCUT2D eigenvalue weighted by Crippen LogP contribution is 2.30. The van der Waals surface area contributed by atoms with Crippen LogP contribution >= 0.6 is 11.6 Å². The van der Waals surface area contributed by atoms with Crippen molar-refractivity contribution in [2.45, 2.75) is 13.5 Å². The lowest BCUT2D eigenvalue weighted by molar-refractivity contribution is 0.272. The SMILES string of the molecule is CCOc1ccc(Cl)cc1-c1n[nH]c(CO)n1. The van der Waals surface area contributed by atoms with Crippen LogP contribution in [0.1, 0.15) is 12.7 Å². The second-order valence-corrected chi connectivity index (χ2v) is 3.77. The Morgan fingerprint density at radius 1 is 1.47 bits per heavy atom. The first kappa shape index (κ1) is 11.9. The summed E-state index contributed by atoms with van der Waals surface area (Å²) in [4.78, 5) is 4.13. The van der Waals surface area contributed by atoms with Gasteiger partial charge >= 0.3 is 0 Å². The zero-order valence-corrected chi connectivity index (χ0v) is 10.0. The molecule has 0 aliphatic carbocycles. The number of hydrogen-bond donors (Lipinski definition) is 2. The van der Waals surface area contributed by atoms with Crippen LogP contribution in [0.15, 0.2) is 18.2 Å². The van der Waals surface area contributed by atoms with Crippen LogP contribution in [0.5, 0.6) is 5.75 Å². The van der Waals surface area contributed by atoms with Gasteiger partial charge in [0.2, 0.25) is 0 Å². The summed E-state index contributed by atoms with van der Waals surface area (Å²) in [5.41, 5.74) is 0.704. The lowest BCUT2D eigenvalue weighted by Gasteiger charge is -2.07. The van der Waals surface area contributed by atoms with Crippen molar-refractivity contribution in [3.8, 4) is 17.1 Å². The van der Waals surface area contributed by atoms with E-state index < -0.39 is 0 Å². The fraction of sp³-hybridized carbons (Fsp3) is 0.273. The first-order valence-corrected chi connectivity index (χ1v) is 5.57. The molecule has 0 saturated heterocycles. The lowest BCUT2D eigenvalue weighted by atomic mass is 10.2. The molecular weight excluding hydrogens is 242 g/mol. The molecule has 0 unspecified atom stereocenters. The minimum absolute atomic E-state index is 0.183. The third-order valence-electron chi connectivity index (χ3n) is 2.16. The van der Waals surface area contributed by atoms with E-state index in [0.29, 0.717) is 34.6 Å². The molecule has 2 N–H and O–H groups in total. The molecule has 0 amide bonds. The van der Waals surface area contributed by atoms with Crippen molar-refractivity contribution in [2.24, 2.45) is 0 Å². The number of aromatic amines is 1. The van der Waals surface area contributed by atoms with Crippen LogP contribution in [0, 0.1) is 0 Å². The van der Waals surface area contributed by atoms with E-state index in [1.165, 1.54) is 0 Å². The molecule has 0 aliphatic rings. The fourth-order valence-electron chi connectivity index (χ4n) is 1.44. The molecule has 17 heavy (non-hydrogen) atoms. The molecule has 1 heterocycles. The van der Waals surface area contributed by atoms with Crippen molar-refractivity contribution in [3.63, 3.8) is 0 Å². The topological polar surface area (TPSA) is 71.0 Å². The van der Waals surface area contributed by atoms with Crippen LogP contribution in [-0.2, 0) is 6.61 Å². The molecule has 1 aromatic carbocycles. The quantitative estimate of drug-likeness (QED) is 0.875. The Hall–Kier alpha value is -1.59. The summed E-state index contributed by atoms with van der Waals surface area (Å²) in [7, 11) is 0. The molecule has 0 atom stereocenters. The number of rotatable bonds is 4. The molecule has 90 valence electrons. The summed E-state index contributed by atoms with van der Waals surface area (Å²) in [6, 6.07) is 5.25. The van der Waals surface area contributed by atoms with E-state index in [0.717, 1.165) is 0 Å². The number of ether oxygens (including phenoxy) is 1. The van der Waals surface area contributed by atoms with Gasteiger partial charge in [-0.2, -0.15) is 5.10 Å². The molecule has 2 rings (SSSR count). The van der Waals surface area contributed by atoms with Crippen molar-refractivity contribution >= 4 is 11.6 Å². The first-order chi connectivity index (χ1) is 8.24. The Morgan fingerprint density at radius 2 is 2.29 bits per heavy atom. The van der Waals surface area contributed by atoms with Gasteiger partial charge < -0.3 is 9.84 Å². The summed E-state index contributed by atoms with van der Waals surface area (Å²) in [5, 5.41) is 16.2. The minimum Gasteiger partial charge on any atom is -0.493 e. The highest BCUT2D eigenvalue weighted by Gasteiger charge is 2.12.